The van der Waals surface area contributed by atoms with Crippen molar-refractivity contribution in [2.75, 3.05) is 13.1 Å². The summed E-state index contributed by atoms with van der Waals surface area (Å²) in [5.41, 5.74) is 7.72. The van der Waals surface area contributed by atoms with E-state index < -0.39 is 15.8 Å². The fourth-order valence-corrected chi connectivity index (χ4v) is 4.77. The summed E-state index contributed by atoms with van der Waals surface area (Å²) in [7, 11) is -3.75. The van der Waals surface area contributed by atoms with Crippen molar-refractivity contribution in [2.24, 2.45) is 5.73 Å². The molecule has 0 aliphatic carbocycles. The quantitative estimate of drug-likeness (QED) is 0.936. The van der Waals surface area contributed by atoms with Gasteiger partial charge in [-0.1, -0.05) is 36.4 Å². The molecule has 6 heteroatoms. The lowest BCUT2D eigenvalue weighted by Crippen LogP contribution is -2.32. The fourth-order valence-electron chi connectivity index (χ4n) is 3.03. The van der Waals surface area contributed by atoms with E-state index in [4.69, 9.17) is 5.73 Å². The summed E-state index contributed by atoms with van der Waals surface area (Å²) in [6.45, 7) is 2.21. The van der Waals surface area contributed by atoms with Crippen LogP contribution in [-0.4, -0.2) is 31.9 Å². The molecule has 0 saturated carbocycles. The highest BCUT2D eigenvalue weighted by atomic mass is 32.2. The summed E-state index contributed by atoms with van der Waals surface area (Å²) in [6, 6.07) is 13.2. The minimum atomic E-state index is -3.75. The van der Waals surface area contributed by atoms with Crippen molar-refractivity contribution in [2.45, 2.75) is 23.8 Å². The van der Waals surface area contributed by atoms with E-state index in [1.54, 1.807) is 6.92 Å². The number of nitrogens with two attached hydrogens (primary N) is 1. The van der Waals surface area contributed by atoms with Crippen molar-refractivity contribution in [1.29, 1.82) is 0 Å². The Kier molecular flexibility index (Phi) is 4.23. The predicted octanol–water partition coefficient (Wildman–Crippen LogP) is 2.25. The second-order valence-corrected chi connectivity index (χ2v) is 7.82. The Morgan fingerprint density at radius 2 is 1.83 bits per heavy atom. The first-order valence-corrected chi connectivity index (χ1v) is 8.90. The van der Waals surface area contributed by atoms with E-state index in [0.717, 1.165) is 11.6 Å². The fraction of sp³-hybridized carbons (Fsp3) is 0.294. The Balaban J connectivity index is 1.92. The van der Waals surface area contributed by atoms with E-state index in [-0.39, 0.29) is 23.4 Å². The van der Waals surface area contributed by atoms with Crippen molar-refractivity contribution >= 4 is 10.0 Å². The van der Waals surface area contributed by atoms with Gasteiger partial charge in [0.15, 0.2) is 0 Å². The first-order valence-electron chi connectivity index (χ1n) is 7.46. The number of rotatable bonds is 3. The van der Waals surface area contributed by atoms with Crippen LogP contribution in [0.15, 0.2) is 53.4 Å². The molecular weight excluding hydrogens is 315 g/mol. The minimum Gasteiger partial charge on any atom is -0.326 e. The van der Waals surface area contributed by atoms with Gasteiger partial charge in [-0.3, -0.25) is 0 Å². The first-order chi connectivity index (χ1) is 10.9. The summed E-state index contributed by atoms with van der Waals surface area (Å²) in [6.07, 6.45) is 0. The average molecular weight is 334 g/mol. The number of benzene rings is 2. The number of sulfonamides is 1. The highest BCUT2D eigenvalue weighted by Gasteiger charge is 2.38. The van der Waals surface area contributed by atoms with Gasteiger partial charge in [0.25, 0.3) is 0 Å². The monoisotopic (exact) mass is 334 g/mol. The average Bonchev–Trinajstić information content (AvgIpc) is 2.93. The Bertz CT molecular complexity index is 809. The Morgan fingerprint density at radius 3 is 2.52 bits per heavy atom. The van der Waals surface area contributed by atoms with Crippen LogP contribution in [0.1, 0.15) is 17.0 Å². The molecule has 2 N–H and O–H groups in total. The molecule has 4 nitrogen and oxygen atoms in total. The topological polar surface area (TPSA) is 63.4 Å². The van der Waals surface area contributed by atoms with Gasteiger partial charge in [0.2, 0.25) is 10.0 Å². The van der Waals surface area contributed by atoms with Gasteiger partial charge in [0.05, 0.1) is 4.90 Å². The van der Waals surface area contributed by atoms with Gasteiger partial charge in [-0.05, 0) is 30.2 Å². The molecule has 0 spiro atoms. The summed E-state index contributed by atoms with van der Waals surface area (Å²) < 4.78 is 40.5. The first kappa shape index (κ1) is 16.1. The number of hydrogen-bond acceptors (Lipinski definition) is 3. The third-order valence-electron chi connectivity index (χ3n) is 4.33. The molecule has 0 unspecified atom stereocenters. The molecule has 1 saturated heterocycles. The molecular formula is C17H19FN2O2S. The van der Waals surface area contributed by atoms with Crippen LogP contribution in [0.25, 0.3) is 0 Å². The lowest BCUT2D eigenvalue weighted by molar-refractivity contribution is 0.469. The molecule has 2 atom stereocenters. The van der Waals surface area contributed by atoms with E-state index >= 15 is 0 Å². The lowest BCUT2D eigenvalue weighted by atomic mass is 9.95. The van der Waals surface area contributed by atoms with E-state index in [2.05, 4.69) is 0 Å². The van der Waals surface area contributed by atoms with Crippen molar-refractivity contribution in [3.8, 4) is 0 Å². The highest BCUT2D eigenvalue weighted by molar-refractivity contribution is 7.89. The predicted molar refractivity (Wildman–Crippen MR) is 87.1 cm³/mol. The largest absolute Gasteiger partial charge is 0.326 e. The van der Waals surface area contributed by atoms with Gasteiger partial charge in [-0.2, -0.15) is 4.31 Å². The van der Waals surface area contributed by atoms with Gasteiger partial charge < -0.3 is 5.73 Å². The van der Waals surface area contributed by atoms with Crippen LogP contribution in [-0.2, 0) is 10.0 Å². The molecule has 1 aliphatic rings. The summed E-state index contributed by atoms with van der Waals surface area (Å²) >= 11 is 0. The van der Waals surface area contributed by atoms with E-state index in [1.165, 1.54) is 16.4 Å². The van der Waals surface area contributed by atoms with E-state index in [1.807, 2.05) is 30.3 Å². The van der Waals surface area contributed by atoms with Crippen LogP contribution in [0.4, 0.5) is 4.39 Å². The highest BCUT2D eigenvalue weighted by Crippen LogP contribution is 2.31. The van der Waals surface area contributed by atoms with Crippen molar-refractivity contribution in [1.82, 2.24) is 4.31 Å². The van der Waals surface area contributed by atoms with Crippen LogP contribution in [0, 0.1) is 12.7 Å². The normalized spacial score (nSPS) is 22.4. The summed E-state index contributed by atoms with van der Waals surface area (Å²) in [5.74, 6) is -0.614. The summed E-state index contributed by atoms with van der Waals surface area (Å²) in [5, 5.41) is 0. The zero-order valence-corrected chi connectivity index (χ0v) is 13.6. The van der Waals surface area contributed by atoms with Crippen LogP contribution < -0.4 is 5.73 Å². The Labute approximate surface area is 135 Å². The van der Waals surface area contributed by atoms with Crippen LogP contribution in [0.5, 0.6) is 0 Å². The van der Waals surface area contributed by atoms with Gasteiger partial charge in [-0.25, -0.2) is 12.8 Å². The van der Waals surface area contributed by atoms with Gasteiger partial charge in [0, 0.05) is 25.0 Å². The Morgan fingerprint density at radius 1 is 1.13 bits per heavy atom. The summed E-state index contributed by atoms with van der Waals surface area (Å²) in [4.78, 5) is 0.0124. The zero-order chi connectivity index (χ0) is 16.6. The number of nitrogens with zero attached hydrogens (tertiary/aromatic N) is 1. The maximum atomic E-state index is 13.5. The number of hydrogen-bond donors (Lipinski definition) is 1. The van der Waals surface area contributed by atoms with Crippen molar-refractivity contribution < 1.29 is 12.8 Å². The molecule has 1 heterocycles. The van der Waals surface area contributed by atoms with Crippen LogP contribution in [0.3, 0.4) is 0 Å². The minimum absolute atomic E-state index is 0.0124. The van der Waals surface area contributed by atoms with E-state index in [9.17, 15) is 12.8 Å². The molecule has 2 aromatic carbocycles. The van der Waals surface area contributed by atoms with Crippen LogP contribution in [0.2, 0.25) is 0 Å². The molecule has 0 aromatic heterocycles. The second kappa shape index (κ2) is 6.03. The Hall–Kier alpha value is -1.76. The third-order valence-corrected chi connectivity index (χ3v) is 6.30. The lowest BCUT2D eigenvalue weighted by Gasteiger charge is -2.18. The zero-order valence-electron chi connectivity index (χ0n) is 12.8. The van der Waals surface area contributed by atoms with Crippen molar-refractivity contribution in [3.05, 3.63) is 65.5 Å². The van der Waals surface area contributed by atoms with Gasteiger partial charge >= 0.3 is 0 Å². The SMILES string of the molecule is Cc1ccc(F)cc1S(=O)(=O)N1C[C@@H](N)[C@H](c2ccccc2)C1. The molecule has 2 aromatic rings. The number of aryl methyl sites for hydroxylation is 1. The molecule has 0 amide bonds. The smallest absolute Gasteiger partial charge is 0.243 e. The molecule has 0 radical (unpaired) electrons. The standard InChI is InChI=1S/C17H19FN2O2S/c1-12-7-8-14(18)9-17(12)23(21,22)20-10-15(16(19)11-20)13-5-3-2-4-6-13/h2-9,15-16H,10-11,19H2,1H3/t15-,16+/m0/s1. The molecule has 0 bridgehead atoms. The second-order valence-electron chi connectivity index (χ2n) is 5.91. The maximum absolute atomic E-state index is 13.5. The number of halogens is 1. The van der Waals surface area contributed by atoms with Crippen molar-refractivity contribution in [3.63, 3.8) is 0 Å². The van der Waals surface area contributed by atoms with Crippen LogP contribution >= 0.6 is 0 Å². The van der Waals surface area contributed by atoms with Gasteiger partial charge in [0.1, 0.15) is 5.82 Å². The molecule has 1 fully saturated rings. The maximum Gasteiger partial charge on any atom is 0.243 e. The van der Waals surface area contributed by atoms with Gasteiger partial charge in [-0.15, -0.1) is 0 Å². The molecule has 1 aliphatic heterocycles. The molecule has 122 valence electrons. The molecule has 23 heavy (non-hydrogen) atoms. The third kappa shape index (κ3) is 3.02. The van der Waals surface area contributed by atoms with E-state index in [0.29, 0.717) is 12.1 Å². The molecule has 3 rings (SSSR count).